The Labute approximate surface area is 121 Å². The summed E-state index contributed by atoms with van der Waals surface area (Å²) in [5.41, 5.74) is 0.456. The molecule has 1 aliphatic carbocycles. The molecule has 0 amide bonds. The quantitative estimate of drug-likeness (QED) is 0.682. The van der Waals surface area contributed by atoms with E-state index < -0.39 is 0 Å². The predicted octanol–water partition coefficient (Wildman–Crippen LogP) is 3.91. The molecule has 19 heavy (non-hydrogen) atoms. The monoisotopic (exact) mass is 268 g/mol. The molecule has 1 N–H and O–H groups in total. The first kappa shape index (κ1) is 17.0. The molecule has 1 aliphatic rings. The standard InChI is InChI=1S/C17H36N2/c1-6-17(7-2,13-18-15(3)4)14-19(5)12-16-10-8-9-11-16/h15-16,18H,6-14H2,1-5H3. The Kier molecular flexibility index (Phi) is 7.38. The van der Waals surface area contributed by atoms with Gasteiger partial charge in [0.25, 0.3) is 0 Å². The zero-order chi connectivity index (χ0) is 14.3. The van der Waals surface area contributed by atoms with Gasteiger partial charge in [-0.05, 0) is 44.1 Å². The van der Waals surface area contributed by atoms with Crippen molar-refractivity contribution >= 4 is 0 Å². The fourth-order valence-corrected chi connectivity index (χ4v) is 3.47. The maximum atomic E-state index is 3.66. The summed E-state index contributed by atoms with van der Waals surface area (Å²) in [6.45, 7) is 12.9. The van der Waals surface area contributed by atoms with Gasteiger partial charge in [0, 0.05) is 25.7 Å². The van der Waals surface area contributed by atoms with Crippen LogP contribution in [0.1, 0.15) is 66.2 Å². The lowest BCUT2D eigenvalue weighted by Gasteiger charge is -2.37. The molecule has 0 heterocycles. The molecule has 0 spiro atoms. The van der Waals surface area contributed by atoms with Gasteiger partial charge in [0.1, 0.15) is 0 Å². The van der Waals surface area contributed by atoms with E-state index in [0.29, 0.717) is 11.5 Å². The van der Waals surface area contributed by atoms with Gasteiger partial charge >= 0.3 is 0 Å². The third-order valence-electron chi connectivity index (χ3n) is 5.04. The Morgan fingerprint density at radius 3 is 2.21 bits per heavy atom. The van der Waals surface area contributed by atoms with Crippen molar-refractivity contribution in [2.75, 3.05) is 26.7 Å². The number of hydrogen-bond acceptors (Lipinski definition) is 2. The van der Waals surface area contributed by atoms with Crippen molar-refractivity contribution < 1.29 is 0 Å². The molecule has 1 fully saturated rings. The minimum atomic E-state index is 0.456. The second-order valence-corrected chi connectivity index (χ2v) is 7.09. The Morgan fingerprint density at radius 2 is 1.74 bits per heavy atom. The van der Waals surface area contributed by atoms with Gasteiger partial charge < -0.3 is 10.2 Å². The van der Waals surface area contributed by atoms with Crippen LogP contribution in [0.4, 0.5) is 0 Å². The van der Waals surface area contributed by atoms with Crippen molar-refractivity contribution in [1.29, 1.82) is 0 Å². The van der Waals surface area contributed by atoms with Crippen LogP contribution in [0.2, 0.25) is 0 Å². The van der Waals surface area contributed by atoms with Gasteiger partial charge in [-0.1, -0.05) is 40.5 Å². The fraction of sp³-hybridized carbons (Fsp3) is 1.00. The topological polar surface area (TPSA) is 15.3 Å². The molecular formula is C17H36N2. The average molecular weight is 268 g/mol. The highest BCUT2D eigenvalue weighted by Gasteiger charge is 2.28. The highest BCUT2D eigenvalue weighted by molar-refractivity contribution is 4.84. The molecule has 114 valence electrons. The van der Waals surface area contributed by atoms with Gasteiger partial charge in [0.05, 0.1) is 0 Å². The maximum Gasteiger partial charge on any atom is 0.00470 e. The molecule has 2 nitrogen and oxygen atoms in total. The molecule has 1 saturated carbocycles. The molecule has 0 aromatic carbocycles. The Hall–Kier alpha value is -0.0800. The second-order valence-electron chi connectivity index (χ2n) is 7.09. The van der Waals surface area contributed by atoms with Crippen LogP contribution in [0.3, 0.4) is 0 Å². The van der Waals surface area contributed by atoms with Gasteiger partial charge in [-0.25, -0.2) is 0 Å². The van der Waals surface area contributed by atoms with Crippen LogP contribution in [-0.2, 0) is 0 Å². The summed E-state index contributed by atoms with van der Waals surface area (Å²) in [6.07, 6.45) is 8.39. The van der Waals surface area contributed by atoms with E-state index in [4.69, 9.17) is 0 Å². The normalized spacial score (nSPS) is 17.8. The molecule has 0 bridgehead atoms. The van der Waals surface area contributed by atoms with E-state index in [1.807, 2.05) is 0 Å². The highest BCUT2D eigenvalue weighted by atomic mass is 15.1. The zero-order valence-electron chi connectivity index (χ0n) is 14.0. The van der Waals surface area contributed by atoms with Crippen molar-refractivity contribution in [3.63, 3.8) is 0 Å². The van der Waals surface area contributed by atoms with Gasteiger partial charge in [0.15, 0.2) is 0 Å². The van der Waals surface area contributed by atoms with Crippen LogP contribution < -0.4 is 5.32 Å². The SMILES string of the molecule is CCC(CC)(CNC(C)C)CN(C)CC1CCCC1. The van der Waals surface area contributed by atoms with Crippen molar-refractivity contribution in [3.05, 3.63) is 0 Å². The Balaban J connectivity index is 2.45. The summed E-state index contributed by atoms with van der Waals surface area (Å²) in [7, 11) is 2.33. The van der Waals surface area contributed by atoms with Crippen LogP contribution in [-0.4, -0.2) is 37.6 Å². The van der Waals surface area contributed by atoms with Crippen molar-refractivity contribution in [2.45, 2.75) is 72.3 Å². The van der Waals surface area contributed by atoms with Crippen LogP contribution >= 0.6 is 0 Å². The van der Waals surface area contributed by atoms with Crippen LogP contribution in [0.5, 0.6) is 0 Å². The summed E-state index contributed by atoms with van der Waals surface area (Å²) in [5, 5.41) is 3.66. The van der Waals surface area contributed by atoms with Crippen molar-refractivity contribution in [2.24, 2.45) is 11.3 Å². The minimum Gasteiger partial charge on any atom is -0.314 e. The van der Waals surface area contributed by atoms with E-state index in [9.17, 15) is 0 Å². The van der Waals surface area contributed by atoms with Gasteiger partial charge in [-0.2, -0.15) is 0 Å². The number of rotatable bonds is 9. The van der Waals surface area contributed by atoms with Gasteiger partial charge in [-0.3, -0.25) is 0 Å². The van der Waals surface area contributed by atoms with E-state index in [-0.39, 0.29) is 0 Å². The molecule has 0 saturated heterocycles. The summed E-state index contributed by atoms with van der Waals surface area (Å²) < 4.78 is 0. The lowest BCUT2D eigenvalue weighted by atomic mass is 9.81. The zero-order valence-corrected chi connectivity index (χ0v) is 14.0. The highest BCUT2D eigenvalue weighted by Crippen LogP contribution is 2.29. The average Bonchev–Trinajstić information content (AvgIpc) is 2.87. The van der Waals surface area contributed by atoms with E-state index in [0.717, 1.165) is 12.5 Å². The van der Waals surface area contributed by atoms with E-state index >= 15 is 0 Å². The Bertz CT molecular complexity index is 227. The summed E-state index contributed by atoms with van der Waals surface area (Å²) in [4.78, 5) is 2.60. The molecule has 0 aromatic heterocycles. The van der Waals surface area contributed by atoms with E-state index in [1.54, 1.807) is 0 Å². The van der Waals surface area contributed by atoms with Crippen LogP contribution in [0.25, 0.3) is 0 Å². The van der Waals surface area contributed by atoms with E-state index in [1.165, 1.54) is 51.6 Å². The summed E-state index contributed by atoms with van der Waals surface area (Å²) >= 11 is 0. The maximum absolute atomic E-state index is 3.66. The second kappa shape index (κ2) is 8.26. The fourth-order valence-electron chi connectivity index (χ4n) is 3.47. The molecule has 0 atom stereocenters. The molecular weight excluding hydrogens is 232 g/mol. The van der Waals surface area contributed by atoms with E-state index in [2.05, 4.69) is 45.0 Å². The van der Waals surface area contributed by atoms with Crippen molar-refractivity contribution in [1.82, 2.24) is 10.2 Å². The Morgan fingerprint density at radius 1 is 1.16 bits per heavy atom. The lowest BCUT2D eigenvalue weighted by molar-refractivity contribution is 0.139. The van der Waals surface area contributed by atoms with Crippen LogP contribution in [0, 0.1) is 11.3 Å². The van der Waals surface area contributed by atoms with Crippen molar-refractivity contribution in [3.8, 4) is 0 Å². The van der Waals surface area contributed by atoms with Crippen LogP contribution in [0.15, 0.2) is 0 Å². The number of nitrogens with zero attached hydrogens (tertiary/aromatic N) is 1. The number of hydrogen-bond donors (Lipinski definition) is 1. The molecule has 0 aromatic rings. The van der Waals surface area contributed by atoms with Gasteiger partial charge in [-0.15, -0.1) is 0 Å². The van der Waals surface area contributed by atoms with Gasteiger partial charge in [0.2, 0.25) is 0 Å². The third kappa shape index (κ3) is 5.83. The smallest absolute Gasteiger partial charge is 0.00470 e. The molecule has 2 heteroatoms. The minimum absolute atomic E-state index is 0.456. The first-order valence-electron chi connectivity index (χ1n) is 8.43. The molecule has 0 aliphatic heterocycles. The predicted molar refractivity (Wildman–Crippen MR) is 85.6 cm³/mol. The summed E-state index contributed by atoms with van der Waals surface area (Å²) in [5.74, 6) is 0.967. The molecule has 0 unspecified atom stereocenters. The first-order chi connectivity index (χ1) is 9.01. The number of nitrogens with one attached hydrogen (secondary N) is 1. The first-order valence-corrected chi connectivity index (χ1v) is 8.43. The molecule has 0 radical (unpaired) electrons. The lowest BCUT2D eigenvalue weighted by Crippen LogP contribution is -2.45. The third-order valence-corrected chi connectivity index (χ3v) is 5.04. The largest absolute Gasteiger partial charge is 0.314 e. The summed E-state index contributed by atoms with van der Waals surface area (Å²) in [6, 6.07) is 0.595. The molecule has 1 rings (SSSR count).